The van der Waals surface area contributed by atoms with Gasteiger partial charge in [-0.15, -0.1) is 0 Å². The van der Waals surface area contributed by atoms with E-state index in [1.165, 1.54) is 0 Å². The van der Waals surface area contributed by atoms with Crippen molar-refractivity contribution in [3.8, 4) is 0 Å². The van der Waals surface area contributed by atoms with Gasteiger partial charge in [-0.05, 0) is 6.42 Å². The van der Waals surface area contributed by atoms with Crippen molar-refractivity contribution in [1.29, 1.82) is 0 Å². The molecular weight excluding hydrogens is 200 g/mol. The van der Waals surface area contributed by atoms with Gasteiger partial charge in [-0.2, -0.15) is 0 Å². The van der Waals surface area contributed by atoms with Gasteiger partial charge < -0.3 is 19.7 Å². The molecule has 90 valence electrons. The van der Waals surface area contributed by atoms with Crippen LogP contribution in [0.25, 0.3) is 0 Å². The van der Waals surface area contributed by atoms with Gasteiger partial charge in [-0.1, -0.05) is 26.2 Å². The quantitative estimate of drug-likeness (QED) is 0.367. The standard InChI is InChI=1S/C10H20O5/c1-2-3-4-5-8-14-10(13)15-9(12)6-7-11/h9,11-12H,2-8H2,1H3. The molecule has 0 aromatic heterocycles. The van der Waals surface area contributed by atoms with Crippen LogP contribution in [0.15, 0.2) is 0 Å². The first-order valence-electron chi connectivity index (χ1n) is 5.33. The fourth-order valence-electron chi connectivity index (χ4n) is 0.999. The van der Waals surface area contributed by atoms with Gasteiger partial charge in [-0.25, -0.2) is 4.79 Å². The van der Waals surface area contributed by atoms with E-state index in [9.17, 15) is 4.79 Å². The number of carbonyl (C=O) groups excluding carboxylic acids is 1. The van der Waals surface area contributed by atoms with Gasteiger partial charge >= 0.3 is 6.16 Å². The van der Waals surface area contributed by atoms with Crippen LogP contribution in [-0.4, -0.2) is 35.9 Å². The van der Waals surface area contributed by atoms with E-state index in [-0.39, 0.29) is 13.0 Å². The van der Waals surface area contributed by atoms with E-state index in [1.54, 1.807) is 0 Å². The van der Waals surface area contributed by atoms with Crippen LogP contribution in [-0.2, 0) is 9.47 Å². The minimum absolute atomic E-state index is 0.00490. The first-order valence-corrected chi connectivity index (χ1v) is 5.33. The van der Waals surface area contributed by atoms with Crippen LogP contribution in [0.3, 0.4) is 0 Å². The van der Waals surface area contributed by atoms with Crippen LogP contribution in [0.1, 0.15) is 39.0 Å². The van der Waals surface area contributed by atoms with Crippen molar-refractivity contribution >= 4 is 6.16 Å². The molecule has 0 fully saturated rings. The highest BCUT2D eigenvalue weighted by molar-refractivity contribution is 5.59. The second-order valence-electron chi connectivity index (χ2n) is 3.24. The van der Waals surface area contributed by atoms with Gasteiger partial charge in [0.2, 0.25) is 6.29 Å². The smallest absolute Gasteiger partial charge is 0.434 e. The molecule has 0 radical (unpaired) electrons. The van der Waals surface area contributed by atoms with E-state index >= 15 is 0 Å². The average molecular weight is 220 g/mol. The Morgan fingerprint density at radius 1 is 1.33 bits per heavy atom. The van der Waals surface area contributed by atoms with E-state index < -0.39 is 12.4 Å². The van der Waals surface area contributed by atoms with Crippen LogP contribution in [0.2, 0.25) is 0 Å². The first-order chi connectivity index (χ1) is 7.20. The third-order valence-electron chi connectivity index (χ3n) is 1.83. The molecule has 0 saturated heterocycles. The molecule has 0 saturated carbocycles. The van der Waals surface area contributed by atoms with Gasteiger partial charge in [0.05, 0.1) is 6.61 Å². The fourth-order valence-corrected chi connectivity index (χ4v) is 0.999. The van der Waals surface area contributed by atoms with Crippen molar-refractivity contribution < 1.29 is 24.5 Å². The topological polar surface area (TPSA) is 76.0 Å². The molecule has 15 heavy (non-hydrogen) atoms. The van der Waals surface area contributed by atoms with Crippen molar-refractivity contribution in [3.63, 3.8) is 0 Å². The van der Waals surface area contributed by atoms with Crippen molar-refractivity contribution in [2.75, 3.05) is 13.2 Å². The number of ether oxygens (including phenoxy) is 2. The van der Waals surface area contributed by atoms with Gasteiger partial charge in [0.25, 0.3) is 0 Å². The Kier molecular flexibility index (Phi) is 9.21. The number of hydrogen-bond donors (Lipinski definition) is 2. The zero-order valence-electron chi connectivity index (χ0n) is 9.15. The van der Waals surface area contributed by atoms with E-state index in [1.807, 2.05) is 0 Å². The zero-order valence-corrected chi connectivity index (χ0v) is 9.15. The predicted octanol–water partition coefficient (Wildman–Crippen LogP) is 1.42. The monoisotopic (exact) mass is 220 g/mol. The summed E-state index contributed by atoms with van der Waals surface area (Å²) in [6.45, 7) is 2.18. The molecule has 0 aromatic carbocycles. The Morgan fingerprint density at radius 2 is 2.07 bits per heavy atom. The third kappa shape index (κ3) is 9.49. The predicted molar refractivity (Wildman–Crippen MR) is 54.3 cm³/mol. The van der Waals surface area contributed by atoms with Gasteiger partial charge in [0.1, 0.15) is 0 Å². The minimum atomic E-state index is -1.28. The summed E-state index contributed by atoms with van der Waals surface area (Å²) in [6, 6.07) is 0. The lowest BCUT2D eigenvalue weighted by molar-refractivity contribution is -0.0892. The largest absolute Gasteiger partial charge is 0.510 e. The van der Waals surface area contributed by atoms with E-state index in [4.69, 9.17) is 14.9 Å². The van der Waals surface area contributed by atoms with Crippen LogP contribution in [0.5, 0.6) is 0 Å². The minimum Gasteiger partial charge on any atom is -0.434 e. The number of hydrogen-bond acceptors (Lipinski definition) is 5. The SMILES string of the molecule is CCCCCCOC(=O)OC(O)CCO. The Morgan fingerprint density at radius 3 is 2.67 bits per heavy atom. The lowest BCUT2D eigenvalue weighted by atomic mass is 10.2. The van der Waals surface area contributed by atoms with E-state index in [0.717, 1.165) is 25.7 Å². The third-order valence-corrected chi connectivity index (χ3v) is 1.83. The summed E-state index contributed by atoms with van der Waals surface area (Å²) < 4.78 is 9.13. The van der Waals surface area contributed by atoms with Crippen molar-refractivity contribution in [3.05, 3.63) is 0 Å². The molecule has 5 heteroatoms. The normalized spacial score (nSPS) is 12.2. The molecule has 0 bridgehead atoms. The molecule has 0 spiro atoms. The molecule has 0 aliphatic carbocycles. The molecular formula is C10H20O5. The number of aliphatic hydroxyl groups excluding tert-OH is 2. The molecule has 0 aliphatic rings. The van der Waals surface area contributed by atoms with Crippen LogP contribution >= 0.6 is 0 Å². The highest BCUT2D eigenvalue weighted by atomic mass is 16.8. The van der Waals surface area contributed by atoms with E-state index in [2.05, 4.69) is 11.7 Å². The lowest BCUT2D eigenvalue weighted by Crippen LogP contribution is -2.19. The van der Waals surface area contributed by atoms with Crippen molar-refractivity contribution in [2.24, 2.45) is 0 Å². The van der Waals surface area contributed by atoms with E-state index in [0.29, 0.717) is 6.61 Å². The zero-order chi connectivity index (χ0) is 11.5. The maximum atomic E-state index is 10.9. The second-order valence-corrected chi connectivity index (χ2v) is 3.24. The van der Waals surface area contributed by atoms with Crippen LogP contribution in [0.4, 0.5) is 4.79 Å². The summed E-state index contributed by atoms with van der Waals surface area (Å²) >= 11 is 0. The summed E-state index contributed by atoms with van der Waals surface area (Å²) in [5.74, 6) is 0. The number of carbonyl (C=O) groups is 1. The van der Waals surface area contributed by atoms with Crippen molar-refractivity contribution in [2.45, 2.75) is 45.3 Å². The van der Waals surface area contributed by atoms with Gasteiger partial charge in [0, 0.05) is 13.0 Å². The Labute approximate surface area is 90.0 Å². The summed E-state index contributed by atoms with van der Waals surface area (Å²) in [6.07, 6.45) is 1.91. The molecule has 0 aliphatic heterocycles. The molecule has 2 N–H and O–H groups in total. The molecule has 0 heterocycles. The Balaban J connectivity index is 3.32. The van der Waals surface area contributed by atoms with Crippen molar-refractivity contribution in [1.82, 2.24) is 0 Å². The molecule has 0 amide bonds. The lowest BCUT2D eigenvalue weighted by Gasteiger charge is -2.10. The highest BCUT2D eigenvalue weighted by Crippen LogP contribution is 2.01. The molecule has 1 atom stereocenters. The molecule has 5 nitrogen and oxygen atoms in total. The Bertz CT molecular complexity index is 160. The summed E-state index contributed by atoms with van der Waals surface area (Å²) in [7, 11) is 0. The maximum Gasteiger partial charge on any atom is 0.510 e. The Hall–Kier alpha value is -0.810. The second kappa shape index (κ2) is 9.73. The summed E-state index contributed by atoms with van der Waals surface area (Å²) in [4.78, 5) is 10.9. The first kappa shape index (κ1) is 14.2. The highest BCUT2D eigenvalue weighted by Gasteiger charge is 2.10. The van der Waals surface area contributed by atoms with Crippen LogP contribution in [0, 0.1) is 0 Å². The fraction of sp³-hybridized carbons (Fsp3) is 0.900. The number of aliphatic hydroxyl groups is 2. The van der Waals surface area contributed by atoms with Gasteiger partial charge in [-0.3, -0.25) is 0 Å². The maximum absolute atomic E-state index is 10.9. The molecule has 1 unspecified atom stereocenters. The van der Waals surface area contributed by atoms with Gasteiger partial charge in [0.15, 0.2) is 0 Å². The number of rotatable bonds is 8. The summed E-state index contributed by atoms with van der Waals surface area (Å²) in [5, 5.41) is 17.4. The summed E-state index contributed by atoms with van der Waals surface area (Å²) in [5.41, 5.74) is 0. The molecule has 0 aromatic rings. The van der Waals surface area contributed by atoms with Crippen LogP contribution < -0.4 is 0 Å². The number of unbranched alkanes of at least 4 members (excludes halogenated alkanes) is 3. The molecule has 0 rings (SSSR count). The average Bonchev–Trinajstić information content (AvgIpc) is 2.17.